The van der Waals surface area contributed by atoms with Crippen LogP contribution < -0.4 is 20.1 Å². The maximum absolute atomic E-state index is 13.1. The highest BCUT2D eigenvalue weighted by atomic mass is 35.5. The molecule has 0 radical (unpaired) electrons. The molecule has 3 aromatic carbocycles. The van der Waals surface area contributed by atoms with E-state index < -0.39 is 17.8 Å². The van der Waals surface area contributed by atoms with E-state index in [4.69, 9.17) is 21.1 Å². The van der Waals surface area contributed by atoms with E-state index in [9.17, 15) is 14.4 Å². The third-order valence-electron chi connectivity index (χ3n) is 4.88. The molecule has 35 heavy (non-hydrogen) atoms. The largest absolute Gasteiger partial charge is 0.493 e. The molecular formula is C26H23ClN2O6. The van der Waals surface area contributed by atoms with E-state index >= 15 is 0 Å². The molecule has 0 heterocycles. The highest BCUT2D eigenvalue weighted by molar-refractivity contribution is 6.30. The van der Waals surface area contributed by atoms with Gasteiger partial charge in [0, 0.05) is 16.3 Å². The Morgan fingerprint density at radius 1 is 0.800 bits per heavy atom. The molecule has 0 aromatic heterocycles. The van der Waals surface area contributed by atoms with Gasteiger partial charge in [0.1, 0.15) is 5.70 Å². The average molecular weight is 495 g/mol. The second-order valence-corrected chi connectivity index (χ2v) is 7.59. The van der Waals surface area contributed by atoms with Gasteiger partial charge in [-0.05, 0) is 72.3 Å². The lowest BCUT2D eigenvalue weighted by Gasteiger charge is -2.13. The van der Waals surface area contributed by atoms with Crippen LogP contribution in [0.5, 0.6) is 11.5 Å². The van der Waals surface area contributed by atoms with Gasteiger partial charge >= 0.3 is 5.97 Å². The minimum absolute atomic E-state index is 0.0192. The van der Waals surface area contributed by atoms with Crippen LogP contribution in [0.1, 0.15) is 26.3 Å². The van der Waals surface area contributed by atoms with E-state index in [-0.39, 0.29) is 5.70 Å². The van der Waals surface area contributed by atoms with E-state index in [1.807, 2.05) is 0 Å². The summed E-state index contributed by atoms with van der Waals surface area (Å²) in [5, 5.41) is 5.84. The zero-order valence-corrected chi connectivity index (χ0v) is 20.0. The Bertz CT molecular complexity index is 1250. The van der Waals surface area contributed by atoms with E-state index in [2.05, 4.69) is 15.4 Å². The summed E-state index contributed by atoms with van der Waals surface area (Å²) in [5.74, 6) is -0.584. The number of carbonyl (C=O) groups is 3. The first-order valence-corrected chi connectivity index (χ1v) is 10.7. The van der Waals surface area contributed by atoms with Crippen molar-refractivity contribution in [1.29, 1.82) is 0 Å². The first-order valence-electron chi connectivity index (χ1n) is 10.3. The fraction of sp³-hybridized carbons (Fsp3) is 0.115. The molecule has 0 bridgehead atoms. The van der Waals surface area contributed by atoms with Crippen molar-refractivity contribution >= 4 is 41.1 Å². The SMILES string of the molecule is COC(=O)c1ccc(NC(=O)C(=Cc2ccc(OC)c(OC)c2)NC(=O)c2ccc(Cl)cc2)cc1. The molecule has 0 fully saturated rings. The average Bonchev–Trinajstić information content (AvgIpc) is 2.88. The molecule has 0 spiro atoms. The van der Waals surface area contributed by atoms with E-state index in [1.165, 1.54) is 39.5 Å². The van der Waals surface area contributed by atoms with Crippen molar-refractivity contribution in [2.75, 3.05) is 26.6 Å². The zero-order chi connectivity index (χ0) is 25.4. The van der Waals surface area contributed by atoms with E-state index in [1.54, 1.807) is 54.6 Å². The Balaban J connectivity index is 1.91. The molecule has 8 nitrogen and oxygen atoms in total. The Labute approximate surface area is 207 Å². The van der Waals surface area contributed by atoms with Gasteiger partial charge in [0.15, 0.2) is 11.5 Å². The molecule has 0 saturated heterocycles. The molecule has 0 unspecified atom stereocenters. The third-order valence-corrected chi connectivity index (χ3v) is 5.13. The molecular weight excluding hydrogens is 472 g/mol. The van der Waals surface area contributed by atoms with Crippen LogP contribution in [-0.2, 0) is 9.53 Å². The Kier molecular flexibility index (Phi) is 8.48. The van der Waals surface area contributed by atoms with Crippen LogP contribution in [0.15, 0.2) is 72.4 Å². The summed E-state index contributed by atoms with van der Waals surface area (Å²) in [5.41, 5.74) is 1.64. The number of hydrogen-bond donors (Lipinski definition) is 2. The van der Waals surface area contributed by atoms with E-state index in [0.29, 0.717) is 38.9 Å². The number of carbonyl (C=O) groups excluding carboxylic acids is 3. The monoisotopic (exact) mass is 494 g/mol. The van der Waals surface area contributed by atoms with Crippen LogP contribution in [0.2, 0.25) is 5.02 Å². The van der Waals surface area contributed by atoms with Crippen molar-refractivity contribution in [3.63, 3.8) is 0 Å². The lowest BCUT2D eigenvalue weighted by Crippen LogP contribution is -2.30. The quantitative estimate of drug-likeness (QED) is 0.351. The fourth-order valence-electron chi connectivity index (χ4n) is 3.07. The Morgan fingerprint density at radius 2 is 1.43 bits per heavy atom. The lowest BCUT2D eigenvalue weighted by molar-refractivity contribution is -0.113. The van der Waals surface area contributed by atoms with Gasteiger partial charge in [0.05, 0.1) is 26.9 Å². The van der Waals surface area contributed by atoms with Crippen molar-refractivity contribution in [3.05, 3.63) is 94.1 Å². The predicted molar refractivity (Wildman–Crippen MR) is 133 cm³/mol. The first kappa shape index (κ1) is 25.3. The lowest BCUT2D eigenvalue weighted by atomic mass is 10.1. The molecule has 180 valence electrons. The van der Waals surface area contributed by atoms with Crippen LogP contribution in [0, 0.1) is 0 Å². The third kappa shape index (κ3) is 6.61. The Morgan fingerprint density at radius 3 is 2.03 bits per heavy atom. The topological polar surface area (TPSA) is 103 Å². The number of nitrogens with one attached hydrogen (secondary N) is 2. The normalized spacial score (nSPS) is 10.8. The fourth-order valence-corrected chi connectivity index (χ4v) is 3.20. The van der Waals surface area contributed by atoms with Gasteiger partial charge in [0.2, 0.25) is 0 Å². The number of methoxy groups -OCH3 is 3. The summed E-state index contributed by atoms with van der Waals surface area (Å²) in [4.78, 5) is 37.6. The summed E-state index contributed by atoms with van der Waals surface area (Å²) in [6.45, 7) is 0. The van der Waals surface area contributed by atoms with Crippen LogP contribution in [-0.4, -0.2) is 39.1 Å². The van der Waals surface area contributed by atoms with Crippen LogP contribution >= 0.6 is 11.6 Å². The smallest absolute Gasteiger partial charge is 0.337 e. The summed E-state index contributed by atoms with van der Waals surface area (Å²) in [7, 11) is 4.30. The summed E-state index contributed by atoms with van der Waals surface area (Å²) in [6.07, 6.45) is 1.51. The maximum Gasteiger partial charge on any atom is 0.337 e. The predicted octanol–water partition coefficient (Wildman–Crippen LogP) is 4.55. The summed E-state index contributed by atoms with van der Waals surface area (Å²) in [6, 6.07) is 17.5. The second kappa shape index (κ2) is 11.7. The first-order chi connectivity index (χ1) is 16.8. The molecule has 0 aliphatic carbocycles. The number of ether oxygens (including phenoxy) is 3. The molecule has 0 saturated carbocycles. The summed E-state index contributed by atoms with van der Waals surface area (Å²) < 4.78 is 15.3. The molecule has 3 rings (SSSR count). The van der Waals surface area contributed by atoms with Crippen LogP contribution in [0.4, 0.5) is 5.69 Å². The van der Waals surface area contributed by atoms with Crippen molar-refractivity contribution in [3.8, 4) is 11.5 Å². The number of anilines is 1. The van der Waals surface area contributed by atoms with E-state index in [0.717, 1.165) is 0 Å². The van der Waals surface area contributed by atoms with Crippen molar-refractivity contribution in [1.82, 2.24) is 5.32 Å². The van der Waals surface area contributed by atoms with Crippen LogP contribution in [0.3, 0.4) is 0 Å². The van der Waals surface area contributed by atoms with Gasteiger partial charge in [-0.1, -0.05) is 17.7 Å². The molecule has 0 aliphatic heterocycles. The maximum atomic E-state index is 13.1. The number of rotatable bonds is 8. The summed E-state index contributed by atoms with van der Waals surface area (Å²) >= 11 is 5.91. The minimum atomic E-state index is -0.576. The van der Waals surface area contributed by atoms with Gasteiger partial charge < -0.3 is 24.8 Å². The van der Waals surface area contributed by atoms with Crippen molar-refractivity contribution in [2.24, 2.45) is 0 Å². The van der Waals surface area contributed by atoms with Gasteiger partial charge in [-0.2, -0.15) is 0 Å². The van der Waals surface area contributed by atoms with Gasteiger partial charge in [-0.15, -0.1) is 0 Å². The number of hydrogen-bond acceptors (Lipinski definition) is 6. The van der Waals surface area contributed by atoms with Gasteiger partial charge in [-0.25, -0.2) is 4.79 Å². The Hall–Kier alpha value is -4.30. The molecule has 2 amide bonds. The molecule has 0 atom stereocenters. The zero-order valence-electron chi connectivity index (χ0n) is 19.3. The van der Waals surface area contributed by atoms with Gasteiger partial charge in [-0.3, -0.25) is 9.59 Å². The second-order valence-electron chi connectivity index (χ2n) is 7.16. The molecule has 2 N–H and O–H groups in total. The number of amides is 2. The molecule has 0 aliphatic rings. The van der Waals surface area contributed by atoms with Crippen LogP contribution in [0.25, 0.3) is 6.08 Å². The highest BCUT2D eigenvalue weighted by Crippen LogP contribution is 2.28. The molecule has 3 aromatic rings. The van der Waals surface area contributed by atoms with Gasteiger partial charge in [0.25, 0.3) is 11.8 Å². The highest BCUT2D eigenvalue weighted by Gasteiger charge is 2.16. The van der Waals surface area contributed by atoms with Crippen molar-refractivity contribution in [2.45, 2.75) is 0 Å². The minimum Gasteiger partial charge on any atom is -0.493 e. The number of benzene rings is 3. The van der Waals surface area contributed by atoms with Crippen molar-refractivity contribution < 1.29 is 28.6 Å². The number of esters is 1. The standard InChI is InChI=1S/C26H23ClN2O6/c1-33-22-13-4-16(15-23(22)34-2)14-21(29-24(30)17-5-9-19(27)10-6-17)25(31)28-20-11-7-18(8-12-20)26(32)35-3/h4-15H,1-3H3,(H,28,31)(H,29,30). The number of halogens is 1. The molecule has 9 heteroatoms.